The van der Waals surface area contributed by atoms with Crippen molar-refractivity contribution >= 4 is 43.2 Å². The summed E-state index contributed by atoms with van der Waals surface area (Å²) in [5, 5.41) is 2.61. The number of ether oxygens (including phenoxy) is 2. The number of fused-ring (bicyclic) bond motifs is 1. The minimum atomic E-state index is -4.28. The van der Waals surface area contributed by atoms with Gasteiger partial charge in [-0.25, -0.2) is 26.0 Å². The van der Waals surface area contributed by atoms with Crippen molar-refractivity contribution in [2.45, 2.75) is 32.1 Å². The Labute approximate surface area is 248 Å². The van der Waals surface area contributed by atoms with Crippen molar-refractivity contribution in [3.8, 4) is 0 Å². The van der Waals surface area contributed by atoms with Crippen LogP contribution in [0.3, 0.4) is 0 Å². The van der Waals surface area contributed by atoms with Gasteiger partial charge in [0.05, 0.1) is 39.6 Å². The first-order valence-electron chi connectivity index (χ1n) is 13.4. The lowest BCUT2D eigenvalue weighted by Crippen LogP contribution is -2.34. The van der Waals surface area contributed by atoms with Crippen LogP contribution in [0.2, 0.25) is 5.02 Å². The smallest absolute Gasteiger partial charge is 0.336 e. The van der Waals surface area contributed by atoms with E-state index in [1.54, 1.807) is 0 Å². The molecule has 0 radical (unpaired) electrons. The number of esters is 2. The zero-order valence-electron chi connectivity index (χ0n) is 22.7. The number of nitrogens with one attached hydrogen (secondary N) is 1. The molecule has 42 heavy (non-hydrogen) atoms. The van der Waals surface area contributed by atoms with Crippen molar-refractivity contribution in [1.29, 1.82) is 0 Å². The van der Waals surface area contributed by atoms with Crippen molar-refractivity contribution in [1.82, 2.24) is 5.32 Å². The molecule has 224 valence electrons. The average Bonchev–Trinajstić information content (AvgIpc) is 3.02. The van der Waals surface area contributed by atoms with Gasteiger partial charge in [0.25, 0.3) is 0 Å². The molecule has 0 aromatic heterocycles. The molecule has 0 spiro atoms. The zero-order valence-corrected chi connectivity index (χ0v) is 25.1. The molecule has 0 saturated carbocycles. The summed E-state index contributed by atoms with van der Waals surface area (Å²) < 4.78 is 77.9. The summed E-state index contributed by atoms with van der Waals surface area (Å²) in [5.41, 5.74) is 1.71. The van der Waals surface area contributed by atoms with Gasteiger partial charge >= 0.3 is 11.9 Å². The maximum absolute atomic E-state index is 15.3. The highest BCUT2D eigenvalue weighted by Crippen LogP contribution is 2.45. The van der Waals surface area contributed by atoms with Crippen LogP contribution in [0, 0.1) is 11.7 Å². The zero-order chi connectivity index (χ0) is 30.2. The summed E-state index contributed by atoms with van der Waals surface area (Å²) in [5.74, 6) is -6.13. The maximum Gasteiger partial charge on any atom is 0.336 e. The van der Waals surface area contributed by atoms with Crippen molar-refractivity contribution in [3.05, 3.63) is 91.9 Å². The van der Waals surface area contributed by atoms with Gasteiger partial charge in [-0.3, -0.25) is 4.79 Å². The molecule has 2 aromatic rings. The molecule has 0 saturated heterocycles. The molecular formula is C29H29ClFNO8S2. The molecular weight excluding hydrogens is 609 g/mol. The van der Waals surface area contributed by atoms with E-state index in [1.807, 2.05) is 24.3 Å². The monoisotopic (exact) mass is 637 g/mol. The first-order valence-corrected chi connectivity index (χ1v) is 17.2. The third-order valence-corrected chi connectivity index (χ3v) is 11.7. The molecule has 0 amide bonds. The van der Waals surface area contributed by atoms with Gasteiger partial charge in [0, 0.05) is 22.0 Å². The van der Waals surface area contributed by atoms with Crippen LogP contribution in [0.25, 0.3) is 0 Å². The summed E-state index contributed by atoms with van der Waals surface area (Å²) in [4.78, 5) is 25.7. The van der Waals surface area contributed by atoms with Crippen molar-refractivity contribution < 1.29 is 40.3 Å². The van der Waals surface area contributed by atoms with E-state index in [0.717, 1.165) is 18.1 Å². The molecule has 0 bridgehead atoms. The Balaban J connectivity index is 1.36. The van der Waals surface area contributed by atoms with Gasteiger partial charge in [-0.1, -0.05) is 41.9 Å². The molecule has 2 heterocycles. The molecule has 0 fully saturated rings. The van der Waals surface area contributed by atoms with Gasteiger partial charge in [0.2, 0.25) is 0 Å². The summed E-state index contributed by atoms with van der Waals surface area (Å²) >= 11 is 6.34. The van der Waals surface area contributed by atoms with E-state index in [4.69, 9.17) is 21.1 Å². The summed E-state index contributed by atoms with van der Waals surface area (Å²) in [6.45, 7) is 0.862. The summed E-state index contributed by atoms with van der Waals surface area (Å²) in [6, 6.07) is 11.6. The van der Waals surface area contributed by atoms with Gasteiger partial charge in [-0.05, 0) is 49.4 Å². The topological polar surface area (TPSA) is 133 Å². The van der Waals surface area contributed by atoms with E-state index in [2.05, 4.69) is 5.32 Å². The van der Waals surface area contributed by atoms with Gasteiger partial charge in [-0.2, -0.15) is 0 Å². The second kappa shape index (κ2) is 11.8. The van der Waals surface area contributed by atoms with Gasteiger partial charge in [0.1, 0.15) is 19.0 Å². The molecule has 2 atom stereocenters. The number of hydrogen-bond acceptors (Lipinski definition) is 9. The fourth-order valence-corrected chi connectivity index (χ4v) is 10.1. The number of carbonyl (C=O) groups is 2. The predicted molar refractivity (Wildman–Crippen MR) is 153 cm³/mol. The van der Waals surface area contributed by atoms with Gasteiger partial charge in [-0.15, -0.1) is 0 Å². The van der Waals surface area contributed by atoms with Crippen LogP contribution in [0.15, 0.2) is 64.3 Å². The highest BCUT2D eigenvalue weighted by Gasteiger charge is 2.45. The number of hydrogen-bond donors (Lipinski definition) is 1. The lowest BCUT2D eigenvalue weighted by Gasteiger charge is -2.31. The molecule has 1 N–H and O–H groups in total. The van der Waals surface area contributed by atoms with Crippen LogP contribution in [-0.4, -0.2) is 59.2 Å². The first kappa shape index (κ1) is 30.2. The van der Waals surface area contributed by atoms with Gasteiger partial charge in [0.15, 0.2) is 19.7 Å². The predicted octanol–water partition coefficient (Wildman–Crippen LogP) is 3.39. The van der Waals surface area contributed by atoms with Crippen LogP contribution in [0.4, 0.5) is 4.39 Å². The standard InChI is InChI=1S/C29H29ClFNO8S2/c1-17-24(29(34)40-12-11-39-28(33)20-10-9-18-5-2-3-6-19(18)15-20)26(25-21(30)7-4-8-22(25)31)27-23(32-17)16-41(35,36)13-14-42(27,37)38/h2-8,20,26,32H,9-16H2,1H3. The van der Waals surface area contributed by atoms with E-state index in [1.165, 1.54) is 24.6 Å². The highest BCUT2D eigenvalue weighted by atomic mass is 35.5. The number of rotatable bonds is 6. The third kappa shape index (κ3) is 6.11. The Bertz CT molecular complexity index is 1710. The number of carbonyl (C=O) groups excluding carboxylic acids is 2. The fourth-order valence-electron chi connectivity index (χ4n) is 5.69. The largest absolute Gasteiger partial charge is 0.462 e. The minimum Gasteiger partial charge on any atom is -0.462 e. The summed E-state index contributed by atoms with van der Waals surface area (Å²) in [7, 11) is -8.09. The van der Waals surface area contributed by atoms with Crippen LogP contribution in [-0.2, 0) is 51.6 Å². The van der Waals surface area contributed by atoms with Gasteiger partial charge < -0.3 is 14.8 Å². The second-order valence-corrected chi connectivity index (χ2v) is 15.2. The van der Waals surface area contributed by atoms with Crippen LogP contribution >= 0.6 is 11.6 Å². The lowest BCUT2D eigenvalue weighted by atomic mass is 9.84. The normalized spacial score (nSPS) is 22.7. The summed E-state index contributed by atoms with van der Waals surface area (Å²) in [6.07, 6.45) is 1.95. The number of benzene rings is 2. The second-order valence-electron chi connectivity index (χ2n) is 10.5. The van der Waals surface area contributed by atoms with E-state index < -0.39 is 65.5 Å². The molecule has 9 nitrogen and oxygen atoms in total. The Hall–Kier alpha value is -3.22. The Morgan fingerprint density at radius 3 is 2.45 bits per heavy atom. The molecule has 2 unspecified atom stereocenters. The van der Waals surface area contributed by atoms with E-state index in [0.29, 0.717) is 12.8 Å². The van der Waals surface area contributed by atoms with Crippen LogP contribution in [0.5, 0.6) is 0 Å². The molecule has 2 aromatic carbocycles. The Morgan fingerprint density at radius 2 is 1.71 bits per heavy atom. The lowest BCUT2D eigenvalue weighted by molar-refractivity contribution is -0.154. The minimum absolute atomic E-state index is 0.0910. The molecule has 5 rings (SSSR count). The number of halogens is 2. The van der Waals surface area contributed by atoms with Crippen LogP contribution in [0.1, 0.15) is 36.0 Å². The van der Waals surface area contributed by atoms with Crippen molar-refractivity contribution in [2.75, 3.05) is 30.5 Å². The molecule has 1 aliphatic carbocycles. The SMILES string of the molecule is CC1=C(C(=O)OCCOC(=O)C2CCc3ccccc3C2)C(c2c(F)cccc2Cl)C2=C(CS(=O)(=O)CCS2(=O)=O)N1. The molecule has 13 heteroatoms. The quantitative estimate of drug-likeness (QED) is 0.374. The number of aryl methyl sites for hydroxylation is 1. The van der Waals surface area contributed by atoms with E-state index in [-0.39, 0.29) is 46.7 Å². The van der Waals surface area contributed by atoms with Crippen molar-refractivity contribution in [3.63, 3.8) is 0 Å². The number of allylic oxidation sites excluding steroid dienone is 2. The van der Waals surface area contributed by atoms with E-state index in [9.17, 15) is 26.4 Å². The average molecular weight is 638 g/mol. The molecule has 2 aliphatic heterocycles. The number of sulfone groups is 2. The Morgan fingerprint density at radius 1 is 1.00 bits per heavy atom. The van der Waals surface area contributed by atoms with Crippen LogP contribution < -0.4 is 5.32 Å². The Kier molecular flexibility index (Phi) is 8.51. The molecule has 3 aliphatic rings. The third-order valence-electron chi connectivity index (χ3n) is 7.70. The number of dihydropyridines is 1. The maximum atomic E-state index is 15.3. The highest BCUT2D eigenvalue weighted by molar-refractivity contribution is 7.98. The first-order chi connectivity index (χ1) is 19.9. The van der Waals surface area contributed by atoms with Crippen molar-refractivity contribution in [2.24, 2.45) is 5.92 Å². The fraction of sp³-hybridized carbons (Fsp3) is 0.379. The van der Waals surface area contributed by atoms with E-state index >= 15 is 4.39 Å².